The second kappa shape index (κ2) is 13.7. The molecule has 3 aromatic rings. The summed E-state index contributed by atoms with van der Waals surface area (Å²) in [6, 6.07) is 22.1. The molecule has 0 aliphatic heterocycles. The molecule has 0 atom stereocenters. The molecule has 0 aliphatic rings. The van der Waals surface area contributed by atoms with E-state index in [0.717, 1.165) is 23.2 Å². The first-order chi connectivity index (χ1) is 13.7. The number of pyridine rings is 1. The third kappa shape index (κ3) is 7.84. The number of benzene rings is 2. The van der Waals surface area contributed by atoms with Gasteiger partial charge in [0.1, 0.15) is 0 Å². The largest absolute Gasteiger partial charge is 0.257 e. The van der Waals surface area contributed by atoms with E-state index in [1.54, 1.807) is 12.3 Å². The van der Waals surface area contributed by atoms with Crippen LogP contribution in [-0.2, 0) is 6.42 Å². The smallest absolute Gasteiger partial charge is 0.0623 e. The van der Waals surface area contributed by atoms with E-state index in [9.17, 15) is 0 Å². The van der Waals surface area contributed by atoms with Crippen molar-refractivity contribution in [2.45, 2.75) is 13.3 Å². The molecule has 142 valence electrons. The van der Waals surface area contributed by atoms with E-state index in [-0.39, 0.29) is 0 Å². The van der Waals surface area contributed by atoms with Crippen LogP contribution in [0.15, 0.2) is 99.2 Å². The molecule has 0 fully saturated rings. The topological polar surface area (TPSA) is 12.9 Å². The third-order valence-corrected chi connectivity index (χ3v) is 3.99. The van der Waals surface area contributed by atoms with Crippen molar-refractivity contribution in [1.29, 1.82) is 0 Å². The Bertz CT molecular complexity index is 849. The summed E-state index contributed by atoms with van der Waals surface area (Å²) in [4.78, 5) is 3.98. The lowest BCUT2D eigenvalue weighted by Gasteiger charge is -1.99. The number of aryl methyl sites for hydroxylation is 1. The van der Waals surface area contributed by atoms with E-state index in [0.29, 0.717) is 0 Å². The van der Waals surface area contributed by atoms with Gasteiger partial charge in [-0.25, -0.2) is 0 Å². The molecule has 2 aromatic carbocycles. The minimum absolute atomic E-state index is 0.924. The molecule has 0 N–H and O–H groups in total. The normalized spacial score (nSPS) is 8.89. The van der Waals surface area contributed by atoms with Crippen LogP contribution in [0.4, 0.5) is 0 Å². The number of rotatable bonds is 5. The molecule has 0 aliphatic carbocycles. The molecule has 0 saturated carbocycles. The van der Waals surface area contributed by atoms with Crippen molar-refractivity contribution in [1.82, 2.24) is 4.98 Å². The van der Waals surface area contributed by atoms with Crippen molar-refractivity contribution in [3.05, 3.63) is 127 Å². The zero-order valence-corrected chi connectivity index (χ0v) is 16.7. The lowest BCUT2D eigenvalue weighted by atomic mass is 10.1. The van der Waals surface area contributed by atoms with Crippen LogP contribution in [0.2, 0.25) is 0 Å². The highest BCUT2D eigenvalue weighted by molar-refractivity contribution is 5.63. The van der Waals surface area contributed by atoms with Gasteiger partial charge in [0.15, 0.2) is 0 Å². The van der Waals surface area contributed by atoms with Crippen LogP contribution in [0.3, 0.4) is 0 Å². The molecule has 1 heteroatoms. The molecule has 0 unspecified atom stereocenters. The van der Waals surface area contributed by atoms with Gasteiger partial charge < -0.3 is 0 Å². The van der Waals surface area contributed by atoms with Crippen molar-refractivity contribution >= 4 is 24.3 Å². The number of aromatic nitrogens is 1. The number of nitrogens with zero attached hydrogens (tertiary/aromatic N) is 1. The minimum Gasteiger partial charge on any atom is -0.257 e. The molecule has 28 heavy (non-hydrogen) atoms. The SMILES string of the molecule is C=Cc1ccccc1C=C.C=Cc1ccccc1CC.C=Cc1ccccn1. The predicted octanol–water partition coefficient (Wildman–Crippen LogP) is 7.59. The summed E-state index contributed by atoms with van der Waals surface area (Å²) in [5, 5.41) is 0. The summed E-state index contributed by atoms with van der Waals surface area (Å²) in [5.74, 6) is 0. The highest BCUT2D eigenvalue weighted by Gasteiger charge is 1.92. The van der Waals surface area contributed by atoms with Gasteiger partial charge >= 0.3 is 0 Å². The summed E-state index contributed by atoms with van der Waals surface area (Å²) in [6.07, 6.45) is 10.1. The van der Waals surface area contributed by atoms with Gasteiger partial charge in [-0.05, 0) is 46.9 Å². The molecule has 0 amide bonds. The van der Waals surface area contributed by atoms with Crippen LogP contribution in [0, 0.1) is 0 Å². The van der Waals surface area contributed by atoms with Gasteiger partial charge in [-0.15, -0.1) is 0 Å². The third-order valence-electron chi connectivity index (χ3n) is 3.99. The summed E-state index contributed by atoms with van der Waals surface area (Å²) in [5.41, 5.74) is 5.82. The van der Waals surface area contributed by atoms with E-state index in [4.69, 9.17) is 0 Å². The fourth-order valence-corrected chi connectivity index (χ4v) is 2.43. The van der Waals surface area contributed by atoms with E-state index < -0.39 is 0 Å². The first-order valence-corrected chi connectivity index (χ1v) is 9.27. The lowest BCUT2D eigenvalue weighted by molar-refractivity contribution is 1.13. The van der Waals surface area contributed by atoms with Gasteiger partial charge in [0.2, 0.25) is 0 Å². The molecule has 1 nitrogen and oxygen atoms in total. The van der Waals surface area contributed by atoms with Crippen molar-refractivity contribution in [3.63, 3.8) is 0 Å². The van der Waals surface area contributed by atoms with Crippen LogP contribution >= 0.6 is 0 Å². The van der Waals surface area contributed by atoms with Crippen LogP contribution in [0.5, 0.6) is 0 Å². The maximum absolute atomic E-state index is 3.98. The Morgan fingerprint density at radius 2 is 1.14 bits per heavy atom. The van der Waals surface area contributed by atoms with Gasteiger partial charge in [0, 0.05) is 6.20 Å². The van der Waals surface area contributed by atoms with Gasteiger partial charge in [0.05, 0.1) is 5.69 Å². The maximum atomic E-state index is 3.98. The monoisotopic (exact) mass is 367 g/mol. The Balaban J connectivity index is 0.000000212. The van der Waals surface area contributed by atoms with Crippen LogP contribution in [0.25, 0.3) is 24.3 Å². The Labute approximate surface area is 170 Å². The standard InChI is InChI=1S/C10H12.C10H10.C7H7N/c2*1-3-9-7-5-6-8-10(9)4-2;1-2-7-5-3-4-6-8-7/h3,5-8H,1,4H2,2H3;3-8H,1-2H2;2-6H,1H2. The summed E-state index contributed by atoms with van der Waals surface area (Å²) < 4.78 is 0. The number of hydrogen-bond donors (Lipinski definition) is 0. The average Bonchev–Trinajstić information content (AvgIpc) is 2.80. The number of hydrogen-bond acceptors (Lipinski definition) is 1. The zero-order valence-electron chi connectivity index (χ0n) is 16.7. The fourth-order valence-electron chi connectivity index (χ4n) is 2.43. The Morgan fingerprint density at radius 3 is 1.50 bits per heavy atom. The molecule has 0 spiro atoms. The van der Waals surface area contributed by atoms with Crippen LogP contribution in [0.1, 0.15) is 34.9 Å². The summed E-state index contributed by atoms with van der Waals surface area (Å²) >= 11 is 0. The van der Waals surface area contributed by atoms with Gasteiger partial charge in [-0.3, -0.25) is 4.98 Å². The molecule has 0 radical (unpaired) electrons. The summed E-state index contributed by atoms with van der Waals surface area (Å²) in [7, 11) is 0. The maximum Gasteiger partial charge on any atom is 0.0623 e. The molecule has 1 heterocycles. The minimum atomic E-state index is 0.924. The Morgan fingerprint density at radius 1 is 0.643 bits per heavy atom. The molecule has 1 aromatic heterocycles. The molecular weight excluding hydrogens is 338 g/mol. The highest BCUT2D eigenvalue weighted by Crippen LogP contribution is 2.10. The molecular formula is C27H29N. The van der Waals surface area contributed by atoms with Crippen molar-refractivity contribution in [2.75, 3.05) is 0 Å². The second-order valence-electron chi connectivity index (χ2n) is 5.75. The van der Waals surface area contributed by atoms with Crippen molar-refractivity contribution in [2.24, 2.45) is 0 Å². The molecule has 0 saturated heterocycles. The van der Waals surface area contributed by atoms with Crippen molar-refractivity contribution in [3.8, 4) is 0 Å². The zero-order chi connectivity index (χ0) is 20.6. The first kappa shape index (κ1) is 22.6. The lowest BCUT2D eigenvalue weighted by Crippen LogP contribution is -1.83. The predicted molar refractivity (Wildman–Crippen MR) is 127 cm³/mol. The van der Waals surface area contributed by atoms with Gasteiger partial charge in [-0.2, -0.15) is 0 Å². The van der Waals surface area contributed by atoms with E-state index in [2.05, 4.69) is 56.4 Å². The van der Waals surface area contributed by atoms with Gasteiger partial charge in [0.25, 0.3) is 0 Å². The fraction of sp³-hybridized carbons (Fsp3) is 0.0741. The Kier molecular flexibility index (Phi) is 11.1. The highest BCUT2D eigenvalue weighted by atomic mass is 14.6. The van der Waals surface area contributed by atoms with E-state index in [1.165, 1.54) is 11.1 Å². The average molecular weight is 368 g/mol. The van der Waals surface area contributed by atoms with E-state index in [1.807, 2.05) is 66.8 Å². The molecule has 3 rings (SSSR count). The Hall–Kier alpha value is -3.45. The molecule has 0 bridgehead atoms. The second-order valence-corrected chi connectivity index (χ2v) is 5.75. The summed E-state index contributed by atoms with van der Waals surface area (Å²) in [6.45, 7) is 16.8. The van der Waals surface area contributed by atoms with Gasteiger partial charge in [-0.1, -0.05) is 106 Å². The van der Waals surface area contributed by atoms with Crippen LogP contribution < -0.4 is 0 Å². The van der Waals surface area contributed by atoms with E-state index >= 15 is 0 Å². The van der Waals surface area contributed by atoms with Crippen LogP contribution in [-0.4, -0.2) is 4.98 Å². The van der Waals surface area contributed by atoms with Crippen molar-refractivity contribution < 1.29 is 0 Å². The first-order valence-electron chi connectivity index (χ1n) is 9.27. The quantitative estimate of drug-likeness (QED) is 0.452.